The number of nitrogens with zero attached hydrogens (tertiary/aromatic N) is 1. The molecule has 0 aliphatic rings. The predicted molar refractivity (Wildman–Crippen MR) is 141 cm³/mol. The molecule has 0 heterocycles. The van der Waals surface area contributed by atoms with E-state index in [1.807, 2.05) is 24.3 Å². The standard InChI is InChI=1S/C29H33NO7/c1-19(2)27(32)35-17-15-30(16-18-36-28(33)20(3)4)26(31)24-9-7-22(8-10-24)23-11-13-25(14-12-23)37-29(34)21(5)6/h7-14,29,34H,1,3,5,15-18H2,2,4,6H3. The summed E-state index contributed by atoms with van der Waals surface area (Å²) in [5.41, 5.74) is 3.21. The average molecular weight is 508 g/mol. The van der Waals surface area contributed by atoms with Gasteiger partial charge in [-0.3, -0.25) is 4.79 Å². The highest BCUT2D eigenvalue weighted by Gasteiger charge is 2.18. The lowest BCUT2D eigenvalue weighted by atomic mass is 10.0. The van der Waals surface area contributed by atoms with Crippen molar-refractivity contribution < 1.29 is 33.7 Å². The van der Waals surface area contributed by atoms with Crippen molar-refractivity contribution in [3.63, 3.8) is 0 Å². The molecule has 0 aromatic heterocycles. The summed E-state index contributed by atoms with van der Waals surface area (Å²) in [5, 5.41) is 9.79. The molecule has 8 nitrogen and oxygen atoms in total. The largest absolute Gasteiger partial charge is 0.461 e. The molecule has 2 aromatic carbocycles. The number of hydrogen-bond donors (Lipinski definition) is 1. The normalized spacial score (nSPS) is 11.1. The second-order valence-electron chi connectivity index (χ2n) is 8.54. The smallest absolute Gasteiger partial charge is 0.333 e. The van der Waals surface area contributed by atoms with Gasteiger partial charge in [-0.1, -0.05) is 44.0 Å². The molecular formula is C29H33NO7. The third-order valence-corrected chi connectivity index (χ3v) is 5.16. The number of rotatable bonds is 13. The van der Waals surface area contributed by atoms with Gasteiger partial charge in [0.15, 0.2) is 0 Å². The third-order valence-electron chi connectivity index (χ3n) is 5.16. The zero-order valence-corrected chi connectivity index (χ0v) is 21.5. The van der Waals surface area contributed by atoms with Crippen molar-refractivity contribution in [3.8, 4) is 16.9 Å². The third kappa shape index (κ3) is 9.09. The van der Waals surface area contributed by atoms with Crippen molar-refractivity contribution in [2.75, 3.05) is 26.3 Å². The molecule has 2 rings (SSSR count). The highest BCUT2D eigenvalue weighted by Crippen LogP contribution is 2.24. The zero-order chi connectivity index (χ0) is 27.5. The highest BCUT2D eigenvalue weighted by molar-refractivity contribution is 5.95. The maximum Gasteiger partial charge on any atom is 0.333 e. The fourth-order valence-electron chi connectivity index (χ4n) is 3.00. The highest BCUT2D eigenvalue weighted by atomic mass is 16.6. The summed E-state index contributed by atoms with van der Waals surface area (Å²) in [6, 6.07) is 14.2. The number of benzene rings is 2. The SMILES string of the molecule is C=C(C)C(=O)OCCN(CCOC(=O)C(=C)C)C(=O)c1ccc(-c2ccc(OC(O)C(=C)C)cc2)cc1. The lowest BCUT2D eigenvalue weighted by Crippen LogP contribution is -2.37. The van der Waals surface area contributed by atoms with Crippen LogP contribution in [0, 0.1) is 0 Å². The molecule has 0 saturated carbocycles. The molecule has 2 aromatic rings. The number of hydrogen-bond acceptors (Lipinski definition) is 7. The lowest BCUT2D eigenvalue weighted by molar-refractivity contribution is -0.139. The van der Waals surface area contributed by atoms with Crippen molar-refractivity contribution in [2.24, 2.45) is 0 Å². The van der Waals surface area contributed by atoms with Crippen LogP contribution in [0.15, 0.2) is 85.0 Å². The molecule has 0 radical (unpaired) electrons. The molecule has 1 atom stereocenters. The Bertz CT molecular complexity index is 1120. The van der Waals surface area contributed by atoms with E-state index in [0.717, 1.165) is 11.1 Å². The van der Waals surface area contributed by atoms with Gasteiger partial charge in [-0.25, -0.2) is 9.59 Å². The minimum Gasteiger partial charge on any atom is -0.461 e. The van der Waals surface area contributed by atoms with E-state index in [0.29, 0.717) is 16.9 Å². The van der Waals surface area contributed by atoms with Gasteiger partial charge in [0.2, 0.25) is 6.29 Å². The van der Waals surface area contributed by atoms with E-state index in [2.05, 4.69) is 19.7 Å². The van der Waals surface area contributed by atoms with Gasteiger partial charge in [-0.05, 0) is 61.7 Å². The first-order valence-electron chi connectivity index (χ1n) is 11.6. The molecule has 37 heavy (non-hydrogen) atoms. The number of aliphatic hydroxyl groups is 1. The van der Waals surface area contributed by atoms with E-state index in [9.17, 15) is 19.5 Å². The van der Waals surface area contributed by atoms with Gasteiger partial charge in [-0.15, -0.1) is 0 Å². The van der Waals surface area contributed by atoms with Crippen molar-refractivity contribution in [1.82, 2.24) is 4.90 Å². The summed E-state index contributed by atoms with van der Waals surface area (Å²) in [4.78, 5) is 38.0. The summed E-state index contributed by atoms with van der Waals surface area (Å²) in [7, 11) is 0. The van der Waals surface area contributed by atoms with E-state index in [-0.39, 0.29) is 43.4 Å². The molecule has 0 spiro atoms. The Morgan fingerprint density at radius 3 is 1.62 bits per heavy atom. The first-order chi connectivity index (χ1) is 17.5. The molecule has 0 bridgehead atoms. The van der Waals surface area contributed by atoms with Crippen LogP contribution in [0.2, 0.25) is 0 Å². The second-order valence-corrected chi connectivity index (χ2v) is 8.54. The molecule has 196 valence electrons. The van der Waals surface area contributed by atoms with E-state index in [4.69, 9.17) is 14.2 Å². The summed E-state index contributed by atoms with van der Waals surface area (Å²) in [5.74, 6) is -0.893. The van der Waals surface area contributed by atoms with E-state index in [1.165, 1.54) is 18.7 Å². The molecule has 1 amide bonds. The van der Waals surface area contributed by atoms with Gasteiger partial charge in [0, 0.05) is 16.7 Å². The Labute approximate surface area is 217 Å². The van der Waals surface area contributed by atoms with Crippen LogP contribution < -0.4 is 4.74 Å². The first-order valence-corrected chi connectivity index (χ1v) is 11.6. The second kappa shape index (κ2) is 13.8. The van der Waals surface area contributed by atoms with Crippen LogP contribution in [0.4, 0.5) is 0 Å². The fourth-order valence-corrected chi connectivity index (χ4v) is 3.00. The van der Waals surface area contributed by atoms with Gasteiger partial charge in [0.05, 0.1) is 13.1 Å². The van der Waals surface area contributed by atoms with Crippen molar-refractivity contribution >= 4 is 17.8 Å². The number of amides is 1. The van der Waals surface area contributed by atoms with Crippen molar-refractivity contribution in [1.29, 1.82) is 0 Å². The Kier molecular flexibility index (Phi) is 10.8. The summed E-state index contributed by atoms with van der Waals surface area (Å²) >= 11 is 0. The van der Waals surface area contributed by atoms with Gasteiger partial charge in [0.1, 0.15) is 19.0 Å². The van der Waals surface area contributed by atoms with E-state index in [1.54, 1.807) is 31.2 Å². The van der Waals surface area contributed by atoms with Crippen LogP contribution in [0.3, 0.4) is 0 Å². The summed E-state index contributed by atoms with van der Waals surface area (Å²) < 4.78 is 15.6. The van der Waals surface area contributed by atoms with Crippen LogP contribution in [-0.4, -0.2) is 60.4 Å². The molecule has 0 aliphatic heterocycles. The molecule has 0 aliphatic carbocycles. The summed E-state index contributed by atoms with van der Waals surface area (Å²) in [6.07, 6.45) is -1.08. The van der Waals surface area contributed by atoms with Crippen molar-refractivity contribution in [3.05, 3.63) is 90.6 Å². The monoisotopic (exact) mass is 507 g/mol. The lowest BCUT2D eigenvalue weighted by Gasteiger charge is -2.23. The van der Waals surface area contributed by atoms with Crippen LogP contribution in [-0.2, 0) is 19.1 Å². The van der Waals surface area contributed by atoms with Gasteiger partial charge in [-0.2, -0.15) is 0 Å². The van der Waals surface area contributed by atoms with E-state index >= 15 is 0 Å². The predicted octanol–water partition coefficient (Wildman–Crippen LogP) is 4.31. The number of ether oxygens (including phenoxy) is 3. The molecular weight excluding hydrogens is 474 g/mol. The Hall–Kier alpha value is -4.17. The first kappa shape index (κ1) is 29.1. The number of esters is 2. The Morgan fingerprint density at radius 1 is 0.784 bits per heavy atom. The Balaban J connectivity index is 2.10. The minimum atomic E-state index is -1.08. The number of carbonyl (C=O) groups is 3. The van der Waals surface area contributed by atoms with Crippen molar-refractivity contribution in [2.45, 2.75) is 27.1 Å². The Morgan fingerprint density at radius 2 is 1.22 bits per heavy atom. The molecule has 0 fully saturated rings. The fraction of sp³-hybridized carbons (Fsp3) is 0.276. The van der Waals surface area contributed by atoms with Gasteiger partial charge in [0.25, 0.3) is 5.91 Å². The van der Waals surface area contributed by atoms with E-state index < -0.39 is 18.2 Å². The van der Waals surface area contributed by atoms with Crippen LogP contribution in [0.1, 0.15) is 31.1 Å². The van der Waals surface area contributed by atoms with Gasteiger partial charge >= 0.3 is 11.9 Å². The average Bonchev–Trinajstić information content (AvgIpc) is 2.87. The molecule has 1 N–H and O–H groups in total. The quantitative estimate of drug-likeness (QED) is 0.187. The van der Waals surface area contributed by atoms with Crippen LogP contribution in [0.5, 0.6) is 5.75 Å². The van der Waals surface area contributed by atoms with Crippen LogP contribution >= 0.6 is 0 Å². The number of carbonyl (C=O) groups excluding carboxylic acids is 3. The minimum absolute atomic E-state index is 0.0293. The molecule has 0 saturated heterocycles. The van der Waals surface area contributed by atoms with Gasteiger partial charge < -0.3 is 24.2 Å². The van der Waals surface area contributed by atoms with Crippen LogP contribution in [0.25, 0.3) is 11.1 Å². The molecule has 1 unspecified atom stereocenters. The maximum atomic E-state index is 13.2. The topological polar surface area (TPSA) is 102 Å². The molecule has 8 heteroatoms. The zero-order valence-electron chi connectivity index (χ0n) is 21.5. The summed E-state index contributed by atoms with van der Waals surface area (Å²) in [6.45, 7) is 15.6. The maximum absolute atomic E-state index is 13.2. The number of aliphatic hydroxyl groups excluding tert-OH is 1.